The summed E-state index contributed by atoms with van der Waals surface area (Å²) in [6.45, 7) is 5.37. The average molecular weight is 528 g/mol. The number of aromatic nitrogens is 4. The predicted molar refractivity (Wildman–Crippen MR) is 141 cm³/mol. The number of rotatable bonds is 7. The van der Waals surface area contributed by atoms with Crippen LogP contribution in [0.2, 0.25) is 0 Å². The molecule has 0 bridgehead atoms. The summed E-state index contributed by atoms with van der Waals surface area (Å²) in [6.07, 6.45) is 5.38. The number of aromatic amines is 1. The Morgan fingerprint density at radius 3 is 2.38 bits per heavy atom. The van der Waals surface area contributed by atoms with Gasteiger partial charge in [-0.3, -0.25) is 5.10 Å². The van der Waals surface area contributed by atoms with Crippen molar-refractivity contribution < 1.29 is 13.9 Å². The lowest BCUT2D eigenvalue weighted by molar-refractivity contribution is -0.126. The SMILES string of the molecule is CSc1cc(F)c(N(C)c2nc(Nc3cc(C)[nH]n3)c(C3CC3)c(N3CC4(C3)CC(C)(O)C4)n2)c(F)c1. The maximum absolute atomic E-state index is 15.1. The maximum atomic E-state index is 15.1. The van der Waals surface area contributed by atoms with E-state index < -0.39 is 17.2 Å². The van der Waals surface area contributed by atoms with Gasteiger partial charge < -0.3 is 20.2 Å². The van der Waals surface area contributed by atoms with Crippen LogP contribution in [0.4, 0.5) is 37.9 Å². The van der Waals surface area contributed by atoms with Crippen molar-refractivity contribution in [3.8, 4) is 0 Å². The molecule has 6 rings (SSSR count). The van der Waals surface area contributed by atoms with Gasteiger partial charge in [-0.2, -0.15) is 15.1 Å². The summed E-state index contributed by atoms with van der Waals surface area (Å²) < 4.78 is 30.1. The van der Waals surface area contributed by atoms with Crippen LogP contribution in [0.5, 0.6) is 0 Å². The van der Waals surface area contributed by atoms with E-state index in [1.165, 1.54) is 28.8 Å². The number of nitrogens with one attached hydrogen (secondary N) is 2. The lowest BCUT2D eigenvalue weighted by atomic mass is 9.56. The molecular weight excluding hydrogens is 496 g/mol. The second-order valence-corrected chi connectivity index (χ2v) is 12.0. The second-order valence-electron chi connectivity index (χ2n) is 11.2. The minimum Gasteiger partial charge on any atom is -0.390 e. The summed E-state index contributed by atoms with van der Waals surface area (Å²) in [5, 5.41) is 20.9. The van der Waals surface area contributed by atoms with Crippen LogP contribution in [0.25, 0.3) is 0 Å². The molecule has 11 heteroatoms. The molecule has 196 valence electrons. The molecule has 3 aromatic rings. The summed E-state index contributed by atoms with van der Waals surface area (Å²) in [5.41, 5.74) is 1.21. The van der Waals surface area contributed by atoms with E-state index in [2.05, 4.69) is 20.4 Å². The Kier molecular flexibility index (Phi) is 5.65. The Morgan fingerprint density at radius 1 is 1.16 bits per heavy atom. The summed E-state index contributed by atoms with van der Waals surface area (Å²) in [4.78, 5) is 13.8. The highest BCUT2D eigenvalue weighted by Gasteiger charge is 2.58. The molecule has 1 aliphatic heterocycles. The lowest BCUT2D eigenvalue weighted by Crippen LogP contribution is -2.67. The molecular formula is C26H31F2N7OS. The molecule has 37 heavy (non-hydrogen) atoms. The van der Waals surface area contributed by atoms with Crippen LogP contribution in [0, 0.1) is 24.0 Å². The number of benzene rings is 1. The predicted octanol–water partition coefficient (Wildman–Crippen LogP) is 5.25. The minimum absolute atomic E-state index is 0.0973. The van der Waals surface area contributed by atoms with Gasteiger partial charge in [-0.1, -0.05) is 0 Å². The highest BCUT2D eigenvalue weighted by atomic mass is 32.2. The lowest BCUT2D eigenvalue weighted by Gasteiger charge is -2.62. The first kappa shape index (κ1) is 24.4. The van der Waals surface area contributed by atoms with Gasteiger partial charge in [-0.25, -0.2) is 8.78 Å². The fourth-order valence-electron chi connectivity index (χ4n) is 6.07. The van der Waals surface area contributed by atoms with Gasteiger partial charge in [-0.05, 0) is 63.8 Å². The Labute approximate surface area is 218 Å². The van der Waals surface area contributed by atoms with Crippen LogP contribution >= 0.6 is 11.8 Å². The average Bonchev–Trinajstić information content (AvgIpc) is 3.55. The first-order valence-corrected chi connectivity index (χ1v) is 13.7. The van der Waals surface area contributed by atoms with Crippen molar-refractivity contribution in [1.82, 2.24) is 20.2 Å². The van der Waals surface area contributed by atoms with Crippen molar-refractivity contribution in [2.24, 2.45) is 5.41 Å². The fraction of sp³-hybridized carbons (Fsp3) is 0.500. The molecule has 1 saturated heterocycles. The Bertz CT molecular complexity index is 1330. The molecule has 3 N–H and O–H groups in total. The summed E-state index contributed by atoms with van der Waals surface area (Å²) in [7, 11) is 1.58. The monoisotopic (exact) mass is 527 g/mol. The molecule has 0 amide bonds. The van der Waals surface area contributed by atoms with Crippen LogP contribution in [0.15, 0.2) is 23.1 Å². The molecule has 2 aromatic heterocycles. The van der Waals surface area contributed by atoms with Crippen molar-refractivity contribution >= 4 is 40.9 Å². The molecule has 3 fully saturated rings. The Morgan fingerprint density at radius 2 is 1.84 bits per heavy atom. The van der Waals surface area contributed by atoms with E-state index >= 15 is 8.78 Å². The number of aliphatic hydroxyl groups is 1. The fourth-order valence-corrected chi connectivity index (χ4v) is 6.51. The quantitative estimate of drug-likeness (QED) is 0.359. The first-order chi connectivity index (χ1) is 17.6. The van der Waals surface area contributed by atoms with Crippen molar-refractivity contribution in [1.29, 1.82) is 0 Å². The van der Waals surface area contributed by atoms with Gasteiger partial charge in [0.1, 0.15) is 17.3 Å². The van der Waals surface area contributed by atoms with Crippen molar-refractivity contribution in [2.75, 3.05) is 41.5 Å². The van der Waals surface area contributed by atoms with E-state index in [1.807, 2.05) is 19.9 Å². The number of thioether (sulfide) groups is 1. The third-order valence-electron chi connectivity index (χ3n) is 7.58. The number of hydrogen-bond donors (Lipinski definition) is 3. The largest absolute Gasteiger partial charge is 0.390 e. The summed E-state index contributed by atoms with van der Waals surface area (Å²) in [5.74, 6) is 1.18. The molecule has 3 heterocycles. The maximum Gasteiger partial charge on any atom is 0.233 e. The number of anilines is 5. The van der Waals surface area contributed by atoms with Gasteiger partial charge in [0.2, 0.25) is 5.95 Å². The van der Waals surface area contributed by atoms with Crippen LogP contribution in [-0.4, -0.2) is 57.3 Å². The van der Waals surface area contributed by atoms with Gasteiger partial charge >= 0.3 is 0 Å². The minimum atomic E-state index is -0.666. The van der Waals surface area contributed by atoms with E-state index in [4.69, 9.17) is 9.97 Å². The van der Waals surface area contributed by atoms with Gasteiger partial charge in [0, 0.05) is 47.8 Å². The third kappa shape index (κ3) is 4.41. The third-order valence-corrected chi connectivity index (χ3v) is 8.28. The summed E-state index contributed by atoms with van der Waals surface area (Å²) in [6, 6.07) is 4.54. The molecule has 2 saturated carbocycles. The van der Waals surface area contributed by atoms with E-state index in [-0.39, 0.29) is 17.1 Å². The second kappa shape index (κ2) is 8.56. The molecule has 0 atom stereocenters. The zero-order valence-electron chi connectivity index (χ0n) is 21.4. The van der Waals surface area contributed by atoms with Crippen LogP contribution < -0.4 is 15.1 Å². The number of nitrogens with zero attached hydrogens (tertiary/aromatic N) is 5. The standard InChI is InChI=1S/C26H31F2N7OS/c1-14-7-19(33-32-14)29-22-20(15-5-6-15)23(35-12-26(13-35)10-25(2,36)11-26)31-24(30-22)34(3)21-17(27)8-16(37-4)9-18(21)28/h7-9,15,36H,5-6,10-13H2,1-4H3,(H2,29,30,31,32,33). The summed E-state index contributed by atoms with van der Waals surface area (Å²) >= 11 is 1.28. The van der Waals surface area contributed by atoms with E-state index in [9.17, 15) is 5.11 Å². The van der Waals surface area contributed by atoms with Gasteiger partial charge in [-0.15, -0.1) is 11.8 Å². The van der Waals surface area contributed by atoms with Crippen LogP contribution in [0.1, 0.15) is 49.8 Å². The number of hydrogen-bond acceptors (Lipinski definition) is 8. The molecule has 2 aliphatic carbocycles. The normalized spacial score (nSPS) is 19.5. The van der Waals surface area contributed by atoms with E-state index in [1.54, 1.807) is 13.3 Å². The topological polar surface area (TPSA) is 93.2 Å². The van der Waals surface area contributed by atoms with E-state index in [0.29, 0.717) is 22.4 Å². The number of aryl methyl sites for hydroxylation is 1. The van der Waals surface area contributed by atoms with Crippen molar-refractivity contribution in [3.05, 3.63) is 41.1 Å². The zero-order chi connectivity index (χ0) is 26.1. The molecule has 1 aromatic carbocycles. The van der Waals surface area contributed by atoms with Crippen molar-refractivity contribution in [2.45, 2.75) is 55.9 Å². The number of halogens is 2. The molecule has 3 aliphatic rings. The molecule has 1 spiro atoms. The first-order valence-electron chi connectivity index (χ1n) is 12.5. The van der Waals surface area contributed by atoms with Crippen LogP contribution in [-0.2, 0) is 0 Å². The molecule has 0 unspecified atom stereocenters. The highest BCUT2D eigenvalue weighted by Crippen LogP contribution is 2.57. The molecule has 0 radical (unpaired) electrons. The molecule has 8 nitrogen and oxygen atoms in total. The Balaban J connectivity index is 1.42. The smallest absolute Gasteiger partial charge is 0.233 e. The van der Waals surface area contributed by atoms with Crippen LogP contribution in [0.3, 0.4) is 0 Å². The Hall–Kier alpha value is -2.92. The highest BCUT2D eigenvalue weighted by molar-refractivity contribution is 7.98. The zero-order valence-corrected chi connectivity index (χ0v) is 22.2. The van der Waals surface area contributed by atoms with Gasteiger partial charge in [0.15, 0.2) is 17.5 Å². The van der Waals surface area contributed by atoms with Gasteiger partial charge in [0.25, 0.3) is 0 Å². The van der Waals surface area contributed by atoms with Crippen molar-refractivity contribution in [3.63, 3.8) is 0 Å². The van der Waals surface area contributed by atoms with E-state index in [0.717, 1.165) is 55.8 Å². The number of H-pyrrole nitrogens is 1. The van der Waals surface area contributed by atoms with Gasteiger partial charge in [0.05, 0.1) is 5.60 Å².